The summed E-state index contributed by atoms with van der Waals surface area (Å²) >= 11 is -0.826. The first-order chi connectivity index (χ1) is 8.84. The van der Waals surface area contributed by atoms with E-state index in [1.807, 2.05) is 0 Å². The topological polar surface area (TPSA) is 0 Å². The molecule has 0 aromatic carbocycles. The molecule has 104 valence electrons. The zero-order chi connectivity index (χ0) is 15.0. The third kappa shape index (κ3) is 7.12. The van der Waals surface area contributed by atoms with Crippen molar-refractivity contribution in [2.45, 2.75) is 54.4 Å². The fraction of sp³-hybridized carbons (Fsp3) is 0.500. The van der Waals surface area contributed by atoms with E-state index in [1.165, 1.54) is 33.4 Å². The Bertz CT molecular complexity index is 375. The number of halogens is 2. The van der Waals surface area contributed by atoms with Crippen LogP contribution in [0.3, 0.4) is 0 Å². The predicted molar refractivity (Wildman–Crippen MR) is 82.5 cm³/mol. The van der Waals surface area contributed by atoms with E-state index in [-0.39, 0.29) is 0 Å². The second kappa shape index (κ2) is 10.2. The Morgan fingerprint density at radius 3 is 1.05 bits per heavy atom. The molecule has 0 radical (unpaired) electrons. The molecule has 0 heterocycles. The first-order valence-corrected chi connectivity index (χ1v) is 12.6. The van der Waals surface area contributed by atoms with Crippen LogP contribution < -0.4 is 0 Å². The second-order valence-corrected chi connectivity index (χ2v) is 8.57. The van der Waals surface area contributed by atoms with Crippen molar-refractivity contribution in [3.05, 3.63) is 45.6 Å². The Morgan fingerprint density at radius 1 is 0.737 bits per heavy atom. The maximum atomic E-state index is 4.93. The fourth-order valence-corrected chi connectivity index (χ4v) is 1.70. The van der Waals surface area contributed by atoms with Crippen molar-refractivity contribution >= 4 is 17.0 Å². The van der Waals surface area contributed by atoms with Gasteiger partial charge in [-0.3, -0.25) is 12.2 Å². The molecule has 0 fully saturated rings. The molecule has 0 spiro atoms. The predicted octanol–water partition coefficient (Wildman–Crippen LogP) is 6.33. The van der Waals surface area contributed by atoms with Gasteiger partial charge in [0.15, 0.2) is 0 Å². The molecule has 0 aromatic heterocycles. The summed E-state index contributed by atoms with van der Waals surface area (Å²) < 4.78 is 0. The van der Waals surface area contributed by atoms with E-state index in [4.69, 9.17) is 17.0 Å². The Kier molecular flexibility index (Phi) is 10.4. The standard InChI is InChI=1S/2C8H11.2ClH.Zr/c2*1-6-4-5-7(2)8(6)3;;;/h2*4H2,1-3H3;2*1H;/q2*-1;;;+4/p-2. The van der Waals surface area contributed by atoms with Crippen LogP contribution in [-0.2, 0) is 20.8 Å². The minimum atomic E-state index is -0.826. The molecule has 0 amide bonds. The quantitative estimate of drug-likeness (QED) is 0.434. The molecule has 0 saturated carbocycles. The van der Waals surface area contributed by atoms with Crippen LogP contribution in [0.1, 0.15) is 54.4 Å². The van der Waals surface area contributed by atoms with Gasteiger partial charge in [-0.05, 0) is 0 Å². The third-order valence-corrected chi connectivity index (χ3v) is 3.64. The number of hydrogen-bond donors (Lipinski definition) is 0. The average molecular weight is 376 g/mol. The molecule has 3 heteroatoms. The molecule has 2 aliphatic carbocycles. The zero-order valence-corrected chi connectivity index (χ0v) is 16.6. The van der Waals surface area contributed by atoms with Gasteiger partial charge >= 0.3 is 37.9 Å². The molecular weight excluding hydrogens is 354 g/mol. The number of hydrogen-bond acceptors (Lipinski definition) is 0. The van der Waals surface area contributed by atoms with E-state index >= 15 is 0 Å². The van der Waals surface area contributed by atoms with Crippen molar-refractivity contribution in [1.29, 1.82) is 0 Å². The van der Waals surface area contributed by atoms with Gasteiger partial charge in [-0.1, -0.05) is 27.7 Å². The van der Waals surface area contributed by atoms with Gasteiger partial charge in [0.1, 0.15) is 0 Å². The molecular formula is C16H22Cl2Zr. The van der Waals surface area contributed by atoms with Crippen molar-refractivity contribution in [2.24, 2.45) is 0 Å². The van der Waals surface area contributed by atoms with Gasteiger partial charge in [0.05, 0.1) is 0 Å². The van der Waals surface area contributed by atoms with E-state index in [1.54, 1.807) is 0 Å². The van der Waals surface area contributed by atoms with Gasteiger partial charge in [0, 0.05) is 0 Å². The first kappa shape index (κ1) is 19.4. The summed E-state index contributed by atoms with van der Waals surface area (Å²) in [4.78, 5) is 0. The van der Waals surface area contributed by atoms with Crippen LogP contribution in [0.15, 0.2) is 33.4 Å². The summed E-state index contributed by atoms with van der Waals surface area (Å²) in [7, 11) is 9.87. The minimum absolute atomic E-state index is 0.826. The van der Waals surface area contributed by atoms with Crippen LogP contribution in [0.4, 0.5) is 0 Å². The number of rotatable bonds is 0. The Balaban J connectivity index is 0.000000284. The van der Waals surface area contributed by atoms with E-state index in [0.717, 1.165) is 12.8 Å². The van der Waals surface area contributed by atoms with Gasteiger partial charge in [-0.15, -0.1) is 26.7 Å². The van der Waals surface area contributed by atoms with Crippen molar-refractivity contribution in [1.82, 2.24) is 0 Å². The molecule has 2 aliphatic rings. The van der Waals surface area contributed by atoms with Crippen LogP contribution >= 0.6 is 17.0 Å². The number of allylic oxidation sites excluding steroid dienone is 8. The van der Waals surface area contributed by atoms with Crippen molar-refractivity contribution in [2.75, 3.05) is 0 Å². The van der Waals surface area contributed by atoms with Crippen LogP contribution in [0, 0.1) is 12.2 Å². The molecule has 0 aromatic rings. The van der Waals surface area contributed by atoms with Crippen LogP contribution in [0.25, 0.3) is 0 Å². The Hall–Kier alpha value is 0.423. The average Bonchev–Trinajstić information content (AvgIpc) is 2.82. The normalized spacial score (nSPS) is 17.1. The summed E-state index contributed by atoms with van der Waals surface area (Å²) in [5.74, 6) is 0. The van der Waals surface area contributed by atoms with Gasteiger partial charge < -0.3 is 0 Å². The van der Waals surface area contributed by atoms with Crippen molar-refractivity contribution in [3.63, 3.8) is 0 Å². The molecule has 0 aliphatic heterocycles. The fourth-order valence-electron chi connectivity index (χ4n) is 1.70. The van der Waals surface area contributed by atoms with Gasteiger partial charge in [0.25, 0.3) is 0 Å². The summed E-state index contributed by atoms with van der Waals surface area (Å²) in [5.41, 5.74) is 8.49. The third-order valence-electron chi connectivity index (χ3n) is 3.64. The molecule has 19 heavy (non-hydrogen) atoms. The summed E-state index contributed by atoms with van der Waals surface area (Å²) in [6.45, 7) is 12.9. The molecule has 0 bridgehead atoms. The van der Waals surface area contributed by atoms with Crippen molar-refractivity contribution in [3.8, 4) is 0 Å². The van der Waals surface area contributed by atoms with E-state index in [0.29, 0.717) is 0 Å². The van der Waals surface area contributed by atoms with E-state index in [9.17, 15) is 0 Å². The summed E-state index contributed by atoms with van der Waals surface area (Å²) in [5, 5.41) is 0. The molecule has 0 unspecified atom stereocenters. The van der Waals surface area contributed by atoms with Gasteiger partial charge in [-0.25, -0.2) is 11.1 Å². The van der Waals surface area contributed by atoms with Crippen molar-refractivity contribution < 1.29 is 20.8 Å². The van der Waals surface area contributed by atoms with Crippen LogP contribution in [-0.4, -0.2) is 0 Å². The molecule has 0 nitrogen and oxygen atoms in total. The van der Waals surface area contributed by atoms with Crippen LogP contribution in [0.2, 0.25) is 0 Å². The monoisotopic (exact) mass is 374 g/mol. The van der Waals surface area contributed by atoms with Crippen LogP contribution in [0.5, 0.6) is 0 Å². The SMILES string of the molecule is CC1=[C-]CC(C)=C1C.CC1=[C-]CC(C)=C1C.[Cl][Zr+2][Cl]. The Labute approximate surface area is 137 Å². The molecule has 0 atom stereocenters. The van der Waals surface area contributed by atoms with Gasteiger partial charge in [-0.2, -0.15) is 22.3 Å². The maximum absolute atomic E-state index is 4.93. The van der Waals surface area contributed by atoms with E-state index < -0.39 is 20.8 Å². The Morgan fingerprint density at radius 2 is 1.00 bits per heavy atom. The molecule has 0 N–H and O–H groups in total. The zero-order valence-electron chi connectivity index (χ0n) is 12.7. The molecule has 0 saturated heterocycles. The van der Waals surface area contributed by atoms with Gasteiger partial charge in [0.2, 0.25) is 0 Å². The summed E-state index contributed by atoms with van der Waals surface area (Å²) in [6.07, 6.45) is 8.63. The molecule has 2 rings (SSSR count). The van der Waals surface area contributed by atoms with E-state index in [2.05, 4.69) is 53.7 Å². The summed E-state index contributed by atoms with van der Waals surface area (Å²) in [6, 6.07) is 0. The second-order valence-electron chi connectivity index (χ2n) is 4.84. The first-order valence-electron chi connectivity index (χ1n) is 6.29.